The molecule has 0 aliphatic rings. The lowest BCUT2D eigenvalue weighted by Crippen LogP contribution is -2.30. The first-order valence-corrected chi connectivity index (χ1v) is 10.9. The van der Waals surface area contributed by atoms with Crippen molar-refractivity contribution in [3.63, 3.8) is 0 Å². The fourth-order valence-electron chi connectivity index (χ4n) is 3.67. The molecular weight excluding hydrogens is 440 g/mol. The minimum atomic E-state index is -0.369. The lowest BCUT2D eigenvalue weighted by Gasteiger charge is -2.13. The minimum Gasteiger partial charge on any atom is -0.333 e. The highest BCUT2D eigenvalue weighted by atomic mass is 35.5. The molecule has 0 spiro atoms. The highest BCUT2D eigenvalue weighted by Crippen LogP contribution is 2.24. The number of hydrogen-bond acceptors (Lipinski definition) is 5. The molecule has 0 unspecified atom stereocenters. The first kappa shape index (κ1) is 22.5. The van der Waals surface area contributed by atoms with Crippen LogP contribution in [0.15, 0.2) is 63.9 Å². The van der Waals surface area contributed by atoms with Gasteiger partial charge in [0.05, 0.1) is 0 Å². The second-order valence-electron chi connectivity index (χ2n) is 7.77. The zero-order valence-corrected chi connectivity index (χ0v) is 19.3. The number of rotatable bonds is 6. The third-order valence-electron chi connectivity index (χ3n) is 5.35. The largest absolute Gasteiger partial charge is 0.333 e. The standard InChI is InChI=1S/C25H23ClN4O3/c1-4-17-7-5-10-20(12-17)27-21(31)14-30-16(3)11-15(2)22(25(30)32)24-28-23(29-33-24)18-8-6-9-19(26)13-18/h5-13H,4,14H2,1-3H3,(H,27,31). The first-order chi connectivity index (χ1) is 15.9. The summed E-state index contributed by atoms with van der Waals surface area (Å²) in [5.74, 6) is 0.123. The molecule has 0 aliphatic heterocycles. The summed E-state index contributed by atoms with van der Waals surface area (Å²) < 4.78 is 6.82. The van der Waals surface area contributed by atoms with Gasteiger partial charge in [-0.2, -0.15) is 4.98 Å². The fourth-order valence-corrected chi connectivity index (χ4v) is 3.86. The van der Waals surface area contributed by atoms with Crippen LogP contribution in [0, 0.1) is 13.8 Å². The molecule has 7 nitrogen and oxygen atoms in total. The van der Waals surface area contributed by atoms with Gasteiger partial charge in [-0.15, -0.1) is 0 Å². The number of carbonyl (C=O) groups excluding carboxylic acids is 1. The van der Waals surface area contributed by atoms with Crippen LogP contribution in [-0.4, -0.2) is 20.6 Å². The normalized spacial score (nSPS) is 10.9. The van der Waals surface area contributed by atoms with Crippen molar-refractivity contribution in [2.45, 2.75) is 33.7 Å². The summed E-state index contributed by atoms with van der Waals surface area (Å²) in [6.45, 7) is 5.50. The van der Waals surface area contributed by atoms with Gasteiger partial charge in [-0.25, -0.2) is 0 Å². The average Bonchev–Trinajstić information content (AvgIpc) is 3.26. The Morgan fingerprint density at radius 1 is 1.12 bits per heavy atom. The van der Waals surface area contributed by atoms with E-state index >= 15 is 0 Å². The van der Waals surface area contributed by atoms with E-state index in [0.717, 1.165) is 12.0 Å². The second-order valence-corrected chi connectivity index (χ2v) is 8.21. The average molecular weight is 463 g/mol. The molecule has 0 bridgehead atoms. The highest BCUT2D eigenvalue weighted by molar-refractivity contribution is 6.30. The Morgan fingerprint density at radius 2 is 1.91 bits per heavy atom. The zero-order valence-electron chi connectivity index (χ0n) is 18.6. The lowest BCUT2D eigenvalue weighted by molar-refractivity contribution is -0.116. The number of aryl methyl sites for hydroxylation is 3. The molecular formula is C25H23ClN4O3. The summed E-state index contributed by atoms with van der Waals surface area (Å²) >= 11 is 6.05. The predicted octanol–water partition coefficient (Wildman–Crippen LogP) is 5.04. The van der Waals surface area contributed by atoms with Crippen molar-refractivity contribution in [2.75, 3.05) is 5.32 Å². The van der Waals surface area contributed by atoms with Gasteiger partial charge in [0.25, 0.3) is 11.4 Å². The SMILES string of the molecule is CCc1cccc(NC(=O)Cn2c(C)cc(C)c(-c3nc(-c4cccc(Cl)c4)no3)c2=O)c1. The van der Waals surface area contributed by atoms with Crippen LogP contribution >= 0.6 is 11.6 Å². The maximum absolute atomic E-state index is 13.3. The van der Waals surface area contributed by atoms with Crippen molar-refractivity contribution >= 4 is 23.2 Å². The summed E-state index contributed by atoms with van der Waals surface area (Å²) in [6.07, 6.45) is 0.866. The smallest absolute Gasteiger partial charge is 0.264 e. The molecule has 4 aromatic rings. The topological polar surface area (TPSA) is 90.0 Å². The Bertz CT molecular complexity index is 1390. The zero-order chi connectivity index (χ0) is 23.5. The third-order valence-corrected chi connectivity index (χ3v) is 5.58. The van der Waals surface area contributed by atoms with E-state index in [1.54, 1.807) is 38.1 Å². The van der Waals surface area contributed by atoms with Crippen LogP contribution < -0.4 is 10.9 Å². The van der Waals surface area contributed by atoms with Crippen molar-refractivity contribution in [3.8, 4) is 22.8 Å². The fraction of sp³-hybridized carbons (Fsp3) is 0.200. The Morgan fingerprint density at radius 3 is 2.67 bits per heavy atom. The summed E-state index contributed by atoms with van der Waals surface area (Å²) in [7, 11) is 0. The van der Waals surface area contributed by atoms with Gasteiger partial charge in [0.1, 0.15) is 12.1 Å². The van der Waals surface area contributed by atoms with Crippen molar-refractivity contribution in [1.29, 1.82) is 0 Å². The number of amides is 1. The van der Waals surface area contributed by atoms with Gasteiger partial charge in [-0.3, -0.25) is 9.59 Å². The van der Waals surface area contributed by atoms with Crippen LogP contribution in [0.2, 0.25) is 5.02 Å². The number of nitrogens with zero attached hydrogens (tertiary/aromatic N) is 3. The monoisotopic (exact) mass is 462 g/mol. The Labute approximate surface area is 196 Å². The van der Waals surface area contributed by atoms with E-state index in [-0.39, 0.29) is 29.5 Å². The van der Waals surface area contributed by atoms with Gasteiger partial charge in [-0.1, -0.05) is 47.9 Å². The lowest BCUT2D eigenvalue weighted by atomic mass is 10.1. The summed E-state index contributed by atoms with van der Waals surface area (Å²) in [5, 5.41) is 7.41. The molecule has 0 aliphatic carbocycles. The van der Waals surface area contributed by atoms with Gasteiger partial charge in [0.2, 0.25) is 11.7 Å². The predicted molar refractivity (Wildman–Crippen MR) is 128 cm³/mol. The van der Waals surface area contributed by atoms with E-state index < -0.39 is 0 Å². The van der Waals surface area contributed by atoms with Gasteiger partial charge >= 0.3 is 0 Å². The van der Waals surface area contributed by atoms with Crippen molar-refractivity contribution in [2.24, 2.45) is 0 Å². The van der Waals surface area contributed by atoms with E-state index in [0.29, 0.717) is 33.4 Å². The molecule has 2 aromatic carbocycles. The second kappa shape index (κ2) is 9.42. The Hall–Kier alpha value is -3.71. The van der Waals surface area contributed by atoms with Gasteiger partial charge < -0.3 is 14.4 Å². The molecule has 168 valence electrons. The number of halogens is 1. The number of hydrogen-bond donors (Lipinski definition) is 1. The van der Waals surface area contributed by atoms with Crippen LogP contribution in [0.1, 0.15) is 23.7 Å². The molecule has 0 radical (unpaired) electrons. The van der Waals surface area contributed by atoms with Crippen LogP contribution in [0.3, 0.4) is 0 Å². The van der Waals surface area contributed by atoms with Crippen molar-refractivity contribution < 1.29 is 9.32 Å². The Kier molecular flexibility index (Phi) is 6.42. The molecule has 0 atom stereocenters. The van der Waals surface area contributed by atoms with Crippen LogP contribution in [0.25, 0.3) is 22.8 Å². The molecule has 2 heterocycles. The number of carbonyl (C=O) groups is 1. The molecule has 0 saturated heterocycles. The van der Waals surface area contributed by atoms with Gasteiger partial charge in [0.15, 0.2) is 0 Å². The summed E-state index contributed by atoms with van der Waals surface area (Å²) in [6, 6.07) is 16.5. The molecule has 1 N–H and O–H groups in total. The van der Waals surface area contributed by atoms with Crippen LogP contribution in [0.4, 0.5) is 5.69 Å². The van der Waals surface area contributed by atoms with Gasteiger partial charge in [-0.05, 0) is 61.7 Å². The van der Waals surface area contributed by atoms with E-state index in [1.807, 2.05) is 37.3 Å². The molecule has 33 heavy (non-hydrogen) atoms. The van der Waals surface area contributed by atoms with E-state index in [1.165, 1.54) is 4.57 Å². The number of aromatic nitrogens is 3. The summed E-state index contributed by atoms with van der Waals surface area (Å²) in [5.41, 5.74) is 3.73. The van der Waals surface area contributed by atoms with E-state index in [9.17, 15) is 9.59 Å². The Balaban J connectivity index is 1.64. The first-order valence-electron chi connectivity index (χ1n) is 10.6. The minimum absolute atomic E-state index is 0.0947. The summed E-state index contributed by atoms with van der Waals surface area (Å²) in [4.78, 5) is 30.4. The van der Waals surface area contributed by atoms with Crippen molar-refractivity contribution in [1.82, 2.24) is 14.7 Å². The van der Waals surface area contributed by atoms with E-state index in [4.69, 9.17) is 16.1 Å². The van der Waals surface area contributed by atoms with Crippen LogP contribution in [0.5, 0.6) is 0 Å². The number of anilines is 1. The molecule has 4 rings (SSSR count). The maximum atomic E-state index is 13.3. The van der Waals surface area contributed by atoms with Gasteiger partial charge in [0, 0.05) is 22.0 Å². The van der Waals surface area contributed by atoms with Crippen molar-refractivity contribution in [3.05, 3.63) is 86.8 Å². The van der Waals surface area contributed by atoms with Crippen LogP contribution in [-0.2, 0) is 17.8 Å². The number of nitrogens with one attached hydrogen (secondary N) is 1. The highest BCUT2D eigenvalue weighted by Gasteiger charge is 2.20. The molecule has 2 aromatic heterocycles. The molecule has 1 amide bonds. The quantitative estimate of drug-likeness (QED) is 0.433. The molecule has 0 fully saturated rings. The molecule has 0 saturated carbocycles. The maximum Gasteiger partial charge on any atom is 0.264 e. The molecule has 8 heteroatoms. The number of pyridine rings is 1. The number of benzene rings is 2. The van der Waals surface area contributed by atoms with E-state index in [2.05, 4.69) is 15.5 Å². The third kappa shape index (κ3) is 4.88.